The van der Waals surface area contributed by atoms with Crippen molar-refractivity contribution in [2.75, 3.05) is 13.2 Å². The molecule has 1 aromatic carbocycles. The monoisotopic (exact) mass is 227 g/mol. The Hall–Kier alpha value is -1.39. The molecular weight excluding hydrogens is 218 g/mol. The van der Waals surface area contributed by atoms with E-state index in [-0.39, 0.29) is 37.4 Å². The van der Waals surface area contributed by atoms with Gasteiger partial charge in [-0.25, -0.2) is 0 Å². The summed E-state index contributed by atoms with van der Waals surface area (Å²) in [5, 5.41) is 8.70. The van der Waals surface area contributed by atoms with Crippen molar-refractivity contribution in [3.63, 3.8) is 0 Å². The minimum absolute atomic E-state index is 0. The van der Waals surface area contributed by atoms with Crippen LogP contribution in [0, 0.1) is 0 Å². The molecule has 4 nitrogen and oxygen atoms in total. The van der Waals surface area contributed by atoms with E-state index >= 15 is 0 Å². The molecule has 1 aromatic rings. The number of benzene rings is 1. The fourth-order valence-electron chi connectivity index (χ4n) is 1.54. The molecule has 80 valence electrons. The molecule has 0 atom stereocenters. The molecule has 0 aromatic heterocycles. The van der Waals surface area contributed by atoms with Crippen LogP contribution in [-0.2, 0) is 0 Å². The molecule has 1 aliphatic heterocycles. The zero-order valence-electron chi connectivity index (χ0n) is 7.84. The SMILES string of the molecule is Cl.O=C1c2ccccc2C(=O)N1CCO. The van der Waals surface area contributed by atoms with Crippen molar-refractivity contribution in [1.29, 1.82) is 0 Å². The quantitative estimate of drug-likeness (QED) is 0.757. The van der Waals surface area contributed by atoms with Crippen LogP contribution in [0.1, 0.15) is 20.7 Å². The first-order valence-electron chi connectivity index (χ1n) is 4.32. The normalized spacial score (nSPS) is 13.8. The predicted octanol–water partition coefficient (Wildman–Crippen LogP) is 0.697. The zero-order chi connectivity index (χ0) is 10.1. The van der Waals surface area contributed by atoms with Gasteiger partial charge in [-0.15, -0.1) is 12.4 Å². The first-order chi connectivity index (χ1) is 6.75. The second-order valence-corrected chi connectivity index (χ2v) is 3.03. The number of carbonyl (C=O) groups is 2. The summed E-state index contributed by atoms with van der Waals surface area (Å²) in [5.74, 6) is -0.640. The van der Waals surface area contributed by atoms with Gasteiger partial charge in [0.05, 0.1) is 24.3 Å². The van der Waals surface area contributed by atoms with Gasteiger partial charge in [-0.05, 0) is 12.1 Å². The summed E-state index contributed by atoms with van der Waals surface area (Å²) in [6, 6.07) is 6.67. The van der Waals surface area contributed by atoms with Crippen LogP contribution < -0.4 is 0 Å². The van der Waals surface area contributed by atoms with Crippen LogP contribution in [0.3, 0.4) is 0 Å². The van der Waals surface area contributed by atoms with E-state index in [1.807, 2.05) is 0 Å². The summed E-state index contributed by atoms with van der Waals surface area (Å²) in [6.45, 7) is -0.141. The van der Waals surface area contributed by atoms with Crippen molar-refractivity contribution < 1.29 is 14.7 Å². The smallest absolute Gasteiger partial charge is 0.261 e. The molecule has 2 amide bonds. The predicted molar refractivity (Wildman–Crippen MR) is 56.1 cm³/mol. The Kier molecular flexibility index (Phi) is 3.44. The highest BCUT2D eigenvalue weighted by atomic mass is 35.5. The first kappa shape index (κ1) is 11.7. The van der Waals surface area contributed by atoms with Gasteiger partial charge in [0.25, 0.3) is 11.8 Å². The Bertz CT molecular complexity index is 370. The lowest BCUT2D eigenvalue weighted by Crippen LogP contribution is -2.32. The largest absolute Gasteiger partial charge is 0.395 e. The van der Waals surface area contributed by atoms with Crippen molar-refractivity contribution in [2.24, 2.45) is 0 Å². The lowest BCUT2D eigenvalue weighted by Gasteiger charge is -2.10. The van der Waals surface area contributed by atoms with Gasteiger partial charge in [0.15, 0.2) is 0 Å². The number of imide groups is 1. The number of aliphatic hydroxyl groups is 1. The van der Waals surface area contributed by atoms with Gasteiger partial charge in [-0.2, -0.15) is 0 Å². The number of fused-ring (bicyclic) bond motifs is 1. The Balaban J connectivity index is 0.00000112. The topological polar surface area (TPSA) is 57.6 Å². The molecule has 5 heteroatoms. The molecule has 0 fully saturated rings. The number of hydrogen-bond donors (Lipinski definition) is 1. The molecule has 0 saturated carbocycles. The van der Waals surface area contributed by atoms with E-state index in [4.69, 9.17) is 5.11 Å². The third-order valence-corrected chi connectivity index (χ3v) is 2.20. The van der Waals surface area contributed by atoms with E-state index in [2.05, 4.69) is 0 Å². The van der Waals surface area contributed by atoms with Crippen LogP contribution >= 0.6 is 12.4 Å². The van der Waals surface area contributed by atoms with E-state index in [0.29, 0.717) is 11.1 Å². The summed E-state index contributed by atoms with van der Waals surface area (Å²) in [4.78, 5) is 24.2. The minimum Gasteiger partial charge on any atom is -0.395 e. The van der Waals surface area contributed by atoms with Gasteiger partial charge in [0, 0.05) is 0 Å². The maximum atomic E-state index is 11.6. The first-order valence-corrected chi connectivity index (χ1v) is 4.32. The number of amides is 2. The minimum atomic E-state index is -0.320. The molecule has 0 bridgehead atoms. The maximum absolute atomic E-state index is 11.6. The maximum Gasteiger partial charge on any atom is 0.261 e. The standard InChI is InChI=1S/C10H9NO3.ClH/c12-6-5-11-9(13)7-3-1-2-4-8(7)10(11)14;/h1-4,12H,5-6H2;1H. The third kappa shape index (κ3) is 1.73. The van der Waals surface area contributed by atoms with E-state index in [0.717, 1.165) is 4.90 Å². The van der Waals surface area contributed by atoms with E-state index in [1.54, 1.807) is 24.3 Å². The molecule has 1 N–H and O–H groups in total. The van der Waals surface area contributed by atoms with Crippen molar-refractivity contribution in [2.45, 2.75) is 0 Å². The van der Waals surface area contributed by atoms with Gasteiger partial charge in [0.1, 0.15) is 0 Å². The van der Waals surface area contributed by atoms with Gasteiger partial charge in [0.2, 0.25) is 0 Å². The highest BCUT2D eigenvalue weighted by molar-refractivity contribution is 6.21. The number of hydrogen-bond acceptors (Lipinski definition) is 3. The Morgan fingerprint density at radius 1 is 1.07 bits per heavy atom. The molecule has 0 aliphatic carbocycles. The fraction of sp³-hybridized carbons (Fsp3) is 0.200. The number of β-amino-alcohol motifs (C(OH)–C–C–N with tert-alkyl or cyclic N) is 1. The molecular formula is C10H10ClNO3. The lowest BCUT2D eigenvalue weighted by molar-refractivity contribution is 0.0624. The molecule has 0 saturated heterocycles. The second-order valence-electron chi connectivity index (χ2n) is 3.03. The third-order valence-electron chi connectivity index (χ3n) is 2.20. The number of rotatable bonds is 2. The number of carbonyl (C=O) groups excluding carboxylic acids is 2. The summed E-state index contributed by atoms with van der Waals surface area (Å²) in [7, 11) is 0. The van der Waals surface area contributed by atoms with Crippen LogP contribution in [0.25, 0.3) is 0 Å². The Morgan fingerprint density at radius 2 is 1.53 bits per heavy atom. The van der Waals surface area contributed by atoms with Crippen molar-refractivity contribution in [1.82, 2.24) is 4.90 Å². The average molecular weight is 228 g/mol. The second kappa shape index (κ2) is 4.42. The van der Waals surface area contributed by atoms with Crippen molar-refractivity contribution in [3.05, 3.63) is 35.4 Å². The molecule has 2 rings (SSSR count). The Labute approximate surface area is 92.9 Å². The highest BCUT2D eigenvalue weighted by Gasteiger charge is 2.34. The molecule has 15 heavy (non-hydrogen) atoms. The van der Waals surface area contributed by atoms with Gasteiger partial charge in [-0.1, -0.05) is 12.1 Å². The molecule has 0 radical (unpaired) electrons. The average Bonchev–Trinajstić information content (AvgIpc) is 2.45. The van der Waals surface area contributed by atoms with E-state index in [9.17, 15) is 9.59 Å². The van der Waals surface area contributed by atoms with Crippen molar-refractivity contribution >= 4 is 24.2 Å². The number of aliphatic hydroxyl groups excluding tert-OH is 1. The number of nitrogens with zero attached hydrogens (tertiary/aromatic N) is 1. The fourth-order valence-corrected chi connectivity index (χ4v) is 1.54. The molecule has 0 spiro atoms. The molecule has 1 heterocycles. The summed E-state index contributed by atoms with van der Waals surface area (Å²) >= 11 is 0. The number of halogens is 1. The molecule has 1 aliphatic rings. The molecule has 0 unspecified atom stereocenters. The Morgan fingerprint density at radius 3 is 1.93 bits per heavy atom. The van der Waals surface area contributed by atoms with E-state index in [1.165, 1.54) is 0 Å². The van der Waals surface area contributed by atoms with Crippen LogP contribution in [0.15, 0.2) is 24.3 Å². The summed E-state index contributed by atoms with van der Waals surface area (Å²) in [5.41, 5.74) is 0.844. The van der Waals surface area contributed by atoms with Crippen LogP contribution in [0.2, 0.25) is 0 Å². The van der Waals surface area contributed by atoms with Crippen LogP contribution in [-0.4, -0.2) is 35.0 Å². The lowest BCUT2D eigenvalue weighted by atomic mass is 10.1. The van der Waals surface area contributed by atoms with Crippen LogP contribution in [0.5, 0.6) is 0 Å². The van der Waals surface area contributed by atoms with Gasteiger partial charge >= 0.3 is 0 Å². The van der Waals surface area contributed by atoms with Crippen LogP contribution in [0.4, 0.5) is 0 Å². The van der Waals surface area contributed by atoms with E-state index < -0.39 is 0 Å². The summed E-state index contributed by atoms with van der Waals surface area (Å²) in [6.07, 6.45) is 0. The summed E-state index contributed by atoms with van der Waals surface area (Å²) < 4.78 is 0. The van der Waals surface area contributed by atoms with Crippen molar-refractivity contribution in [3.8, 4) is 0 Å². The zero-order valence-corrected chi connectivity index (χ0v) is 8.66. The van der Waals surface area contributed by atoms with Gasteiger partial charge < -0.3 is 5.11 Å². The highest BCUT2D eigenvalue weighted by Crippen LogP contribution is 2.21. The van der Waals surface area contributed by atoms with Gasteiger partial charge in [-0.3, -0.25) is 14.5 Å².